The molecular weight excluding hydrogens is 290 g/mol. The Balaban J connectivity index is 2.16. The van der Waals surface area contributed by atoms with Crippen LogP contribution in [0.25, 0.3) is 17.5 Å². The lowest BCUT2D eigenvalue weighted by Crippen LogP contribution is -2.29. The molecule has 0 radical (unpaired) electrons. The van der Waals surface area contributed by atoms with Crippen LogP contribution in [0.15, 0.2) is 28.1 Å². The van der Waals surface area contributed by atoms with Gasteiger partial charge in [0, 0.05) is 28.4 Å². The Bertz CT molecular complexity index is 870. The Kier molecular flexibility index (Phi) is 3.42. The number of methoxy groups -OCH3 is 1. The van der Waals surface area contributed by atoms with E-state index in [1.54, 1.807) is 37.6 Å². The minimum atomic E-state index is -1.08. The highest BCUT2D eigenvalue weighted by Gasteiger charge is 2.13. The predicted molar refractivity (Wildman–Crippen MR) is 77.8 cm³/mol. The lowest BCUT2D eigenvalue weighted by Gasteiger charge is -2.07. The van der Waals surface area contributed by atoms with E-state index < -0.39 is 10.8 Å². The first-order valence-electron chi connectivity index (χ1n) is 6.28. The number of aromatic amines is 1. The number of ether oxygens (including phenoxy) is 1. The Labute approximate surface area is 123 Å². The molecule has 1 amide bonds. The molecule has 0 fully saturated rings. The number of aromatic nitrogens is 2. The maximum absolute atomic E-state index is 11.5. The summed E-state index contributed by atoms with van der Waals surface area (Å²) < 4.78 is 16.9. The fourth-order valence-corrected chi connectivity index (χ4v) is 2.66. The van der Waals surface area contributed by atoms with Crippen LogP contribution in [0.5, 0.6) is 5.75 Å². The summed E-state index contributed by atoms with van der Waals surface area (Å²) in [5, 5.41) is 0.731. The molecule has 2 heterocycles. The van der Waals surface area contributed by atoms with Crippen LogP contribution in [-0.4, -0.2) is 33.4 Å². The average Bonchev–Trinajstić information content (AvgIpc) is 2.89. The van der Waals surface area contributed by atoms with Gasteiger partial charge in [-0.15, -0.1) is 0 Å². The highest BCUT2D eigenvalue weighted by Crippen LogP contribution is 2.28. The quantitative estimate of drug-likeness (QED) is 0.875. The number of hydrogen-bond donors (Lipinski definition) is 1. The first-order valence-corrected chi connectivity index (χ1v) is 7.84. The fourth-order valence-electron chi connectivity index (χ4n) is 2.13. The molecule has 108 valence electrons. The van der Waals surface area contributed by atoms with Crippen molar-refractivity contribution in [2.24, 2.45) is 4.99 Å². The average molecular weight is 303 g/mol. The summed E-state index contributed by atoms with van der Waals surface area (Å²) in [4.78, 5) is 23.3. The number of carbonyl (C=O) groups excluding carboxylic acids is 1. The van der Waals surface area contributed by atoms with Crippen LogP contribution in [0.1, 0.15) is 6.42 Å². The second kappa shape index (κ2) is 5.25. The van der Waals surface area contributed by atoms with Crippen molar-refractivity contribution in [2.75, 3.05) is 13.4 Å². The van der Waals surface area contributed by atoms with Crippen LogP contribution in [0.4, 0.5) is 0 Å². The van der Waals surface area contributed by atoms with Crippen molar-refractivity contribution in [3.63, 3.8) is 0 Å². The van der Waals surface area contributed by atoms with Crippen LogP contribution in [0.2, 0.25) is 0 Å². The van der Waals surface area contributed by atoms with Gasteiger partial charge in [-0.3, -0.25) is 9.00 Å². The van der Waals surface area contributed by atoms with Crippen molar-refractivity contribution >= 4 is 22.8 Å². The van der Waals surface area contributed by atoms with Crippen LogP contribution >= 0.6 is 0 Å². The monoisotopic (exact) mass is 303 g/mol. The Hall–Kier alpha value is -2.28. The first-order chi connectivity index (χ1) is 10.1. The lowest BCUT2D eigenvalue weighted by molar-refractivity contribution is -0.117. The molecule has 0 bridgehead atoms. The van der Waals surface area contributed by atoms with E-state index in [0.29, 0.717) is 22.0 Å². The molecule has 0 saturated carbocycles. The standard InChI is InChI=1S/C14H13N3O3S/c1-20-11-7-8(21(2)19)3-4-9(11)13-15-10-5-6-12(18)16-14(10)17-13/h3-5,7H,6H2,1-2H3,(H,15,16,17,18). The Morgan fingerprint density at radius 3 is 2.90 bits per heavy atom. The molecule has 3 rings (SSSR count). The summed E-state index contributed by atoms with van der Waals surface area (Å²) in [6.45, 7) is 0. The van der Waals surface area contributed by atoms with Crippen LogP contribution in [0, 0.1) is 0 Å². The van der Waals surface area contributed by atoms with Crippen LogP contribution in [0.3, 0.4) is 0 Å². The number of rotatable bonds is 3. The summed E-state index contributed by atoms with van der Waals surface area (Å²) in [6, 6.07) is 5.28. The van der Waals surface area contributed by atoms with E-state index in [1.807, 2.05) is 0 Å². The topological polar surface area (TPSA) is 84.4 Å². The molecule has 1 aliphatic heterocycles. The first kappa shape index (κ1) is 13.7. The molecule has 0 aliphatic carbocycles. The molecule has 7 heteroatoms. The third-order valence-corrected chi connectivity index (χ3v) is 4.10. The number of carbonyl (C=O) groups is 1. The second-order valence-corrected chi connectivity index (χ2v) is 5.93. The summed E-state index contributed by atoms with van der Waals surface area (Å²) in [7, 11) is 0.463. The van der Waals surface area contributed by atoms with Gasteiger partial charge in [0.15, 0.2) is 5.49 Å². The maximum atomic E-state index is 11.5. The van der Waals surface area contributed by atoms with Gasteiger partial charge >= 0.3 is 0 Å². The van der Waals surface area contributed by atoms with E-state index in [1.165, 1.54) is 0 Å². The summed E-state index contributed by atoms with van der Waals surface area (Å²) >= 11 is 0. The van der Waals surface area contributed by atoms with E-state index in [2.05, 4.69) is 15.0 Å². The van der Waals surface area contributed by atoms with Crippen molar-refractivity contribution in [1.82, 2.24) is 9.97 Å². The van der Waals surface area contributed by atoms with Crippen molar-refractivity contribution in [2.45, 2.75) is 11.3 Å². The van der Waals surface area contributed by atoms with Gasteiger partial charge in [-0.25, -0.2) is 4.98 Å². The van der Waals surface area contributed by atoms with Crippen LogP contribution < -0.4 is 15.6 Å². The summed E-state index contributed by atoms with van der Waals surface area (Å²) in [5.74, 6) is 0.935. The van der Waals surface area contributed by atoms with Gasteiger partial charge < -0.3 is 9.72 Å². The van der Waals surface area contributed by atoms with Crippen molar-refractivity contribution in [3.05, 3.63) is 29.0 Å². The third-order valence-electron chi connectivity index (χ3n) is 3.18. The largest absolute Gasteiger partial charge is 0.496 e. The van der Waals surface area contributed by atoms with Crippen molar-refractivity contribution < 1.29 is 13.7 Å². The highest BCUT2D eigenvalue weighted by atomic mass is 32.2. The van der Waals surface area contributed by atoms with Crippen molar-refractivity contribution in [1.29, 1.82) is 0 Å². The van der Waals surface area contributed by atoms with Gasteiger partial charge in [-0.05, 0) is 24.3 Å². The van der Waals surface area contributed by atoms with E-state index in [4.69, 9.17) is 4.74 Å². The number of nitrogens with zero attached hydrogens (tertiary/aromatic N) is 2. The van der Waals surface area contributed by atoms with E-state index in [9.17, 15) is 9.00 Å². The minimum Gasteiger partial charge on any atom is -0.496 e. The number of nitrogens with one attached hydrogen (secondary N) is 1. The van der Waals surface area contributed by atoms with E-state index >= 15 is 0 Å². The molecule has 1 atom stereocenters. The molecular formula is C14H13N3O3S. The zero-order valence-electron chi connectivity index (χ0n) is 11.5. The Morgan fingerprint density at radius 2 is 2.19 bits per heavy atom. The van der Waals surface area contributed by atoms with Gasteiger partial charge in [0.1, 0.15) is 11.6 Å². The molecule has 1 unspecified atom stereocenters. The second-order valence-electron chi connectivity index (χ2n) is 4.55. The lowest BCUT2D eigenvalue weighted by atomic mass is 10.2. The van der Waals surface area contributed by atoms with Gasteiger partial charge in [0.2, 0.25) is 0 Å². The number of benzene rings is 1. The zero-order chi connectivity index (χ0) is 15.0. The molecule has 1 aromatic carbocycles. The molecule has 1 aromatic heterocycles. The fraction of sp³-hybridized carbons (Fsp3) is 0.214. The van der Waals surface area contributed by atoms with Gasteiger partial charge in [-0.1, -0.05) is 0 Å². The summed E-state index contributed by atoms with van der Waals surface area (Å²) in [6.07, 6.45) is 3.65. The number of H-pyrrole nitrogens is 1. The SMILES string of the molecule is COc1cc(S(C)=O)ccc1-c1nc2c([nH]1)=CCC(=O)N=2. The molecule has 0 saturated heterocycles. The molecule has 2 aromatic rings. The normalized spacial score (nSPS) is 14.9. The molecule has 6 nitrogen and oxygen atoms in total. The Morgan fingerprint density at radius 1 is 1.38 bits per heavy atom. The number of hydrogen-bond acceptors (Lipinski definition) is 4. The van der Waals surface area contributed by atoms with E-state index in [-0.39, 0.29) is 12.3 Å². The minimum absolute atomic E-state index is 0.204. The molecule has 21 heavy (non-hydrogen) atoms. The van der Waals surface area contributed by atoms with Crippen molar-refractivity contribution in [3.8, 4) is 17.1 Å². The third kappa shape index (κ3) is 2.52. The number of imidazole rings is 1. The smallest absolute Gasteiger partial charge is 0.251 e. The predicted octanol–water partition coefficient (Wildman–Crippen LogP) is 0.153. The number of fused-ring (bicyclic) bond motifs is 1. The zero-order valence-corrected chi connectivity index (χ0v) is 12.4. The van der Waals surface area contributed by atoms with E-state index in [0.717, 1.165) is 10.9 Å². The van der Waals surface area contributed by atoms with Gasteiger partial charge in [-0.2, -0.15) is 4.99 Å². The van der Waals surface area contributed by atoms with Gasteiger partial charge in [0.25, 0.3) is 5.91 Å². The number of amides is 1. The maximum Gasteiger partial charge on any atom is 0.251 e. The van der Waals surface area contributed by atoms with Crippen LogP contribution in [-0.2, 0) is 15.6 Å². The van der Waals surface area contributed by atoms with Gasteiger partial charge in [0.05, 0.1) is 18.0 Å². The highest BCUT2D eigenvalue weighted by molar-refractivity contribution is 7.84. The molecule has 0 spiro atoms. The molecule has 1 N–H and O–H groups in total. The molecule has 1 aliphatic rings. The summed E-state index contributed by atoms with van der Waals surface area (Å²) in [5.41, 5.74) is 1.13.